The first-order valence-electron chi connectivity index (χ1n) is 8.18. The van der Waals surface area contributed by atoms with Crippen molar-refractivity contribution in [1.29, 1.82) is 0 Å². The summed E-state index contributed by atoms with van der Waals surface area (Å²) in [6.45, 7) is 5.94. The van der Waals surface area contributed by atoms with E-state index >= 15 is 0 Å². The molecule has 0 aromatic heterocycles. The van der Waals surface area contributed by atoms with Crippen molar-refractivity contribution in [2.45, 2.75) is 13.3 Å². The smallest absolute Gasteiger partial charge is 0.115 e. The zero-order valence-electron chi connectivity index (χ0n) is 13.5. The van der Waals surface area contributed by atoms with E-state index in [0.717, 1.165) is 43.9 Å². The van der Waals surface area contributed by atoms with Gasteiger partial charge < -0.3 is 10.0 Å². The summed E-state index contributed by atoms with van der Waals surface area (Å²) >= 11 is 0. The molecule has 1 fully saturated rings. The van der Waals surface area contributed by atoms with Crippen LogP contribution in [0.25, 0.3) is 0 Å². The van der Waals surface area contributed by atoms with Crippen LogP contribution in [0.4, 0.5) is 5.69 Å². The van der Waals surface area contributed by atoms with Gasteiger partial charge in [-0.25, -0.2) is 0 Å². The maximum atomic E-state index is 9.41. The Morgan fingerprint density at radius 3 is 2.22 bits per heavy atom. The van der Waals surface area contributed by atoms with Crippen LogP contribution < -0.4 is 4.90 Å². The van der Waals surface area contributed by atoms with Crippen LogP contribution in [0, 0.1) is 0 Å². The fraction of sp³-hybridized carbons (Fsp3) is 0.316. The number of benzene rings is 2. The minimum atomic E-state index is 0.292. The van der Waals surface area contributed by atoms with Crippen LogP contribution >= 0.6 is 0 Å². The van der Waals surface area contributed by atoms with E-state index in [1.165, 1.54) is 5.69 Å². The first-order chi connectivity index (χ1) is 11.3. The summed E-state index contributed by atoms with van der Waals surface area (Å²) in [5.74, 6) is 0.292. The van der Waals surface area contributed by atoms with E-state index in [9.17, 15) is 5.11 Å². The molecule has 0 amide bonds. The van der Waals surface area contributed by atoms with Crippen molar-refractivity contribution in [1.82, 2.24) is 5.01 Å². The molecule has 0 radical (unpaired) electrons. The van der Waals surface area contributed by atoms with Crippen molar-refractivity contribution < 1.29 is 5.11 Å². The van der Waals surface area contributed by atoms with Crippen LogP contribution in [0.15, 0.2) is 59.7 Å². The van der Waals surface area contributed by atoms with Gasteiger partial charge in [0.05, 0.1) is 18.8 Å². The minimum Gasteiger partial charge on any atom is -0.508 e. The average Bonchev–Trinajstić information content (AvgIpc) is 2.62. The van der Waals surface area contributed by atoms with Crippen molar-refractivity contribution in [3.63, 3.8) is 0 Å². The molecular formula is C19H23N3O. The molecule has 1 heterocycles. The van der Waals surface area contributed by atoms with E-state index in [4.69, 9.17) is 5.10 Å². The molecule has 1 aliphatic heterocycles. The third-order valence-corrected chi connectivity index (χ3v) is 4.17. The molecule has 4 heteroatoms. The number of para-hydroxylation sites is 1. The zero-order valence-corrected chi connectivity index (χ0v) is 13.5. The van der Waals surface area contributed by atoms with Crippen LogP contribution in [0.3, 0.4) is 0 Å². The summed E-state index contributed by atoms with van der Waals surface area (Å²) in [4.78, 5) is 2.40. The molecule has 1 N–H and O–H groups in total. The molecule has 0 atom stereocenters. The van der Waals surface area contributed by atoms with Gasteiger partial charge in [0.1, 0.15) is 5.75 Å². The Balaban J connectivity index is 1.65. The highest BCUT2D eigenvalue weighted by Gasteiger charge is 2.16. The first kappa shape index (κ1) is 15.4. The predicted molar refractivity (Wildman–Crippen MR) is 95.2 cm³/mol. The third kappa shape index (κ3) is 3.83. The number of aromatic hydroxyl groups is 1. The van der Waals surface area contributed by atoms with Crippen molar-refractivity contribution in [2.75, 3.05) is 31.1 Å². The Morgan fingerprint density at radius 1 is 0.957 bits per heavy atom. The normalized spacial score (nSPS) is 15.8. The number of hydrazone groups is 1. The maximum Gasteiger partial charge on any atom is 0.115 e. The van der Waals surface area contributed by atoms with E-state index in [1.54, 1.807) is 12.1 Å². The molecule has 23 heavy (non-hydrogen) atoms. The summed E-state index contributed by atoms with van der Waals surface area (Å²) in [6.07, 6.45) is 0.879. The number of hydrogen-bond donors (Lipinski definition) is 1. The van der Waals surface area contributed by atoms with Gasteiger partial charge >= 0.3 is 0 Å². The van der Waals surface area contributed by atoms with Gasteiger partial charge in [0.2, 0.25) is 0 Å². The second-order valence-electron chi connectivity index (χ2n) is 5.72. The lowest BCUT2D eigenvalue weighted by molar-refractivity contribution is 0.270. The standard InChI is InChI=1S/C19H23N3O/c1-2-19(16-8-10-18(23)11-9-16)20-22-14-12-21(13-15-22)17-6-4-3-5-7-17/h3-11,23H,2,12-15H2,1H3/b20-19+. The maximum absolute atomic E-state index is 9.41. The van der Waals surface area contributed by atoms with Gasteiger partial charge in [-0.3, -0.25) is 5.01 Å². The summed E-state index contributed by atoms with van der Waals surface area (Å²) in [6, 6.07) is 17.8. The van der Waals surface area contributed by atoms with Gasteiger partial charge in [0.15, 0.2) is 0 Å². The van der Waals surface area contributed by atoms with Crippen molar-refractivity contribution in [3.05, 3.63) is 60.2 Å². The number of rotatable bonds is 4. The average molecular weight is 309 g/mol. The summed E-state index contributed by atoms with van der Waals surface area (Å²) in [5.41, 5.74) is 3.43. The highest BCUT2D eigenvalue weighted by Crippen LogP contribution is 2.17. The number of hydrogen-bond acceptors (Lipinski definition) is 4. The van der Waals surface area contributed by atoms with Crippen LogP contribution in [0.1, 0.15) is 18.9 Å². The van der Waals surface area contributed by atoms with Gasteiger partial charge in [-0.2, -0.15) is 5.10 Å². The lowest BCUT2D eigenvalue weighted by Gasteiger charge is -2.35. The van der Waals surface area contributed by atoms with Gasteiger partial charge in [0, 0.05) is 18.8 Å². The molecule has 0 spiro atoms. The Labute approximate surface area is 137 Å². The Morgan fingerprint density at radius 2 is 1.61 bits per heavy atom. The molecule has 0 aliphatic carbocycles. The van der Waals surface area contributed by atoms with E-state index in [0.29, 0.717) is 5.75 Å². The van der Waals surface area contributed by atoms with Crippen molar-refractivity contribution >= 4 is 11.4 Å². The number of anilines is 1. The zero-order chi connectivity index (χ0) is 16.1. The second-order valence-corrected chi connectivity index (χ2v) is 5.72. The number of phenolic OH excluding ortho intramolecular Hbond substituents is 1. The van der Waals surface area contributed by atoms with E-state index in [-0.39, 0.29) is 0 Å². The lowest BCUT2D eigenvalue weighted by atomic mass is 10.1. The second kappa shape index (κ2) is 7.18. The fourth-order valence-corrected chi connectivity index (χ4v) is 2.85. The van der Waals surface area contributed by atoms with Crippen LogP contribution in [-0.4, -0.2) is 42.0 Å². The molecule has 3 rings (SSSR count). The molecular weight excluding hydrogens is 286 g/mol. The molecule has 4 nitrogen and oxygen atoms in total. The topological polar surface area (TPSA) is 39.1 Å². The Bertz CT molecular complexity index is 644. The largest absolute Gasteiger partial charge is 0.508 e. The molecule has 1 aliphatic rings. The van der Waals surface area contributed by atoms with Crippen LogP contribution in [0.5, 0.6) is 5.75 Å². The molecule has 0 bridgehead atoms. The van der Waals surface area contributed by atoms with Crippen molar-refractivity contribution in [2.24, 2.45) is 5.10 Å². The molecule has 1 saturated heterocycles. The first-order valence-corrected chi connectivity index (χ1v) is 8.18. The number of phenols is 1. The quantitative estimate of drug-likeness (QED) is 0.881. The minimum absolute atomic E-state index is 0.292. The summed E-state index contributed by atoms with van der Waals surface area (Å²) in [7, 11) is 0. The molecule has 120 valence electrons. The lowest BCUT2D eigenvalue weighted by Crippen LogP contribution is -2.44. The highest BCUT2D eigenvalue weighted by atomic mass is 16.3. The number of piperazine rings is 1. The number of nitrogens with zero attached hydrogens (tertiary/aromatic N) is 3. The van der Waals surface area contributed by atoms with Crippen LogP contribution in [0.2, 0.25) is 0 Å². The van der Waals surface area contributed by atoms with Gasteiger partial charge in [-0.15, -0.1) is 0 Å². The Kier molecular flexibility index (Phi) is 4.81. The predicted octanol–water partition coefficient (Wildman–Crippen LogP) is 3.33. The SMILES string of the molecule is CC/C(=N\N1CCN(c2ccccc2)CC1)c1ccc(O)cc1. The summed E-state index contributed by atoms with van der Waals surface area (Å²) in [5, 5.41) is 16.4. The van der Waals surface area contributed by atoms with E-state index in [2.05, 4.69) is 47.2 Å². The highest BCUT2D eigenvalue weighted by molar-refractivity contribution is 6.00. The van der Waals surface area contributed by atoms with Gasteiger partial charge in [-0.05, 0) is 48.4 Å². The Hall–Kier alpha value is -2.49. The van der Waals surface area contributed by atoms with Crippen LogP contribution in [-0.2, 0) is 0 Å². The van der Waals surface area contributed by atoms with E-state index in [1.807, 2.05) is 12.1 Å². The van der Waals surface area contributed by atoms with Crippen molar-refractivity contribution in [3.8, 4) is 5.75 Å². The van der Waals surface area contributed by atoms with E-state index < -0.39 is 0 Å². The third-order valence-electron chi connectivity index (χ3n) is 4.17. The molecule has 2 aromatic rings. The fourth-order valence-electron chi connectivity index (χ4n) is 2.85. The van der Waals surface area contributed by atoms with Gasteiger partial charge in [0.25, 0.3) is 0 Å². The molecule has 0 unspecified atom stereocenters. The summed E-state index contributed by atoms with van der Waals surface area (Å²) < 4.78 is 0. The monoisotopic (exact) mass is 309 g/mol. The molecule has 2 aromatic carbocycles. The molecule has 0 saturated carbocycles. The van der Waals surface area contributed by atoms with Gasteiger partial charge in [-0.1, -0.05) is 25.1 Å².